The minimum atomic E-state index is -2.81. The van der Waals surface area contributed by atoms with Gasteiger partial charge < -0.3 is 10.6 Å². The number of carbonyl (C=O) groups excluding carboxylic acids is 1. The highest BCUT2D eigenvalue weighted by Crippen LogP contribution is 2.26. The van der Waals surface area contributed by atoms with Crippen molar-refractivity contribution in [2.45, 2.75) is 13.0 Å². The van der Waals surface area contributed by atoms with E-state index in [9.17, 15) is 18.0 Å². The highest BCUT2D eigenvalue weighted by atomic mass is 32.1. The van der Waals surface area contributed by atoms with Crippen LogP contribution in [0.25, 0.3) is 10.6 Å². The number of carbonyl (C=O) groups is 1. The first-order valence-electron chi connectivity index (χ1n) is 7.23. The predicted octanol–water partition coefficient (Wildman–Crippen LogP) is 2.73. The van der Waals surface area contributed by atoms with Gasteiger partial charge >= 0.3 is 6.03 Å². The van der Waals surface area contributed by atoms with Crippen molar-refractivity contribution in [3.8, 4) is 10.6 Å². The number of hydrogen-bond donors (Lipinski definition) is 2. The van der Waals surface area contributed by atoms with Crippen molar-refractivity contribution in [3.63, 3.8) is 0 Å². The number of amides is 2. The van der Waals surface area contributed by atoms with Crippen molar-refractivity contribution in [1.82, 2.24) is 30.3 Å². The van der Waals surface area contributed by atoms with Crippen LogP contribution < -0.4 is 10.6 Å². The minimum Gasteiger partial charge on any atom is -0.331 e. The first kappa shape index (κ1) is 17.8. The Labute approximate surface area is 149 Å². The number of aryl methyl sites for hydroxylation is 1. The molecule has 0 aliphatic rings. The Morgan fingerprint density at radius 3 is 2.92 bits per heavy atom. The van der Waals surface area contributed by atoms with Crippen LogP contribution in [-0.2, 0) is 13.6 Å². The molecule has 12 heteroatoms. The Morgan fingerprint density at radius 2 is 2.19 bits per heavy atom. The summed E-state index contributed by atoms with van der Waals surface area (Å²) in [4.78, 5) is 15.5. The minimum absolute atomic E-state index is 0.000473. The van der Waals surface area contributed by atoms with Gasteiger partial charge in [0.2, 0.25) is 0 Å². The van der Waals surface area contributed by atoms with Crippen LogP contribution in [0.4, 0.5) is 23.7 Å². The van der Waals surface area contributed by atoms with Crippen molar-refractivity contribution < 1.29 is 18.0 Å². The first-order chi connectivity index (χ1) is 12.4. The molecule has 26 heavy (non-hydrogen) atoms. The molecule has 2 N–H and O–H groups in total. The van der Waals surface area contributed by atoms with Gasteiger partial charge in [0.25, 0.3) is 6.43 Å². The lowest BCUT2D eigenvalue weighted by Crippen LogP contribution is -2.28. The Bertz CT molecular complexity index is 927. The summed E-state index contributed by atoms with van der Waals surface area (Å²) in [7, 11) is 1.47. The normalized spacial score (nSPS) is 11.0. The molecule has 0 aliphatic carbocycles. The van der Waals surface area contributed by atoms with Gasteiger partial charge in [0.15, 0.2) is 16.5 Å². The molecule has 3 aromatic rings. The maximum atomic E-state index is 13.7. The van der Waals surface area contributed by atoms with Gasteiger partial charge in [0.1, 0.15) is 5.01 Å². The molecule has 0 atom stereocenters. The summed E-state index contributed by atoms with van der Waals surface area (Å²) in [6.45, 7) is 0.000473. The average molecular weight is 383 g/mol. The molecule has 0 radical (unpaired) electrons. The molecule has 0 saturated carbocycles. The largest absolute Gasteiger partial charge is 0.331 e. The zero-order valence-corrected chi connectivity index (χ0v) is 14.1. The van der Waals surface area contributed by atoms with Gasteiger partial charge in [-0.15, -0.1) is 10.2 Å². The second-order valence-corrected chi connectivity index (χ2v) is 6.13. The summed E-state index contributed by atoms with van der Waals surface area (Å²) < 4.78 is 40.5. The fourth-order valence-corrected chi connectivity index (χ4v) is 2.87. The third-order valence-electron chi connectivity index (χ3n) is 3.18. The molecule has 8 nitrogen and oxygen atoms in total. The summed E-state index contributed by atoms with van der Waals surface area (Å²) in [5, 5.41) is 16.9. The van der Waals surface area contributed by atoms with E-state index in [-0.39, 0.29) is 17.8 Å². The van der Waals surface area contributed by atoms with E-state index in [0.29, 0.717) is 10.0 Å². The molecule has 0 aliphatic heterocycles. The van der Waals surface area contributed by atoms with Crippen LogP contribution in [0.15, 0.2) is 24.7 Å². The lowest BCUT2D eigenvalue weighted by Gasteiger charge is -2.05. The van der Waals surface area contributed by atoms with E-state index >= 15 is 0 Å². The highest BCUT2D eigenvalue weighted by Gasteiger charge is 2.19. The fourth-order valence-electron chi connectivity index (χ4n) is 2.07. The van der Waals surface area contributed by atoms with Crippen LogP contribution in [-0.4, -0.2) is 31.0 Å². The Balaban J connectivity index is 1.61. The molecule has 0 fully saturated rings. The van der Waals surface area contributed by atoms with Crippen molar-refractivity contribution >= 4 is 23.1 Å². The standard InChI is InChI=1S/C14H12F3N7OS/c1-24-6-9(11(23-24)12(16)17)20-14(25)19-5-10-21-22-13(26-10)7-2-3-18-4-8(7)15/h2-4,6,12H,5H2,1H3,(H2,19,20,25). The number of nitrogens with one attached hydrogen (secondary N) is 2. The Kier molecular flexibility index (Phi) is 5.11. The maximum Gasteiger partial charge on any atom is 0.319 e. The number of rotatable bonds is 5. The van der Waals surface area contributed by atoms with Crippen molar-refractivity contribution in [1.29, 1.82) is 0 Å². The SMILES string of the molecule is Cn1cc(NC(=O)NCc2nnc(-c3ccncc3F)s2)c(C(F)F)n1. The molecule has 0 unspecified atom stereocenters. The molecule has 3 aromatic heterocycles. The van der Waals surface area contributed by atoms with E-state index in [1.54, 1.807) is 0 Å². The molecule has 0 spiro atoms. The van der Waals surface area contributed by atoms with E-state index < -0.39 is 24.0 Å². The van der Waals surface area contributed by atoms with E-state index in [1.807, 2.05) is 0 Å². The number of aromatic nitrogens is 5. The van der Waals surface area contributed by atoms with Crippen molar-refractivity contribution in [3.05, 3.63) is 41.2 Å². The van der Waals surface area contributed by atoms with Crippen LogP contribution in [0.1, 0.15) is 17.1 Å². The summed E-state index contributed by atoms with van der Waals surface area (Å²) >= 11 is 1.09. The fraction of sp³-hybridized carbons (Fsp3) is 0.214. The van der Waals surface area contributed by atoms with Gasteiger partial charge in [0.05, 0.1) is 24.0 Å². The molecule has 136 valence electrons. The molecular formula is C14H12F3N7OS. The van der Waals surface area contributed by atoms with Gasteiger partial charge in [-0.1, -0.05) is 11.3 Å². The number of anilines is 1. The van der Waals surface area contributed by atoms with Crippen LogP contribution in [0, 0.1) is 5.82 Å². The number of halogens is 3. The zero-order valence-electron chi connectivity index (χ0n) is 13.3. The lowest BCUT2D eigenvalue weighted by molar-refractivity contribution is 0.146. The van der Waals surface area contributed by atoms with Gasteiger partial charge in [-0.05, 0) is 6.07 Å². The maximum absolute atomic E-state index is 13.7. The first-order valence-corrected chi connectivity index (χ1v) is 8.04. The van der Waals surface area contributed by atoms with E-state index in [2.05, 4.69) is 30.9 Å². The summed E-state index contributed by atoms with van der Waals surface area (Å²) in [6, 6.07) is 0.764. The number of pyridine rings is 1. The van der Waals surface area contributed by atoms with Crippen LogP contribution in [0.2, 0.25) is 0 Å². The third kappa shape index (κ3) is 3.96. The Morgan fingerprint density at radius 1 is 1.38 bits per heavy atom. The second kappa shape index (κ2) is 7.47. The highest BCUT2D eigenvalue weighted by molar-refractivity contribution is 7.14. The van der Waals surface area contributed by atoms with Crippen LogP contribution in [0.5, 0.6) is 0 Å². The van der Waals surface area contributed by atoms with Gasteiger partial charge in [-0.3, -0.25) is 9.67 Å². The molecule has 2 amide bonds. The van der Waals surface area contributed by atoms with Gasteiger partial charge in [-0.25, -0.2) is 18.0 Å². The third-order valence-corrected chi connectivity index (χ3v) is 4.14. The van der Waals surface area contributed by atoms with Crippen LogP contribution in [0.3, 0.4) is 0 Å². The molecule has 3 rings (SSSR count). The van der Waals surface area contributed by atoms with Crippen LogP contribution >= 0.6 is 11.3 Å². The Hall–Kier alpha value is -3.02. The van der Waals surface area contributed by atoms with E-state index in [4.69, 9.17) is 0 Å². The number of alkyl halides is 2. The van der Waals surface area contributed by atoms with Crippen molar-refractivity contribution in [2.24, 2.45) is 7.05 Å². The molecule has 0 bridgehead atoms. The zero-order chi connectivity index (χ0) is 18.7. The predicted molar refractivity (Wildman–Crippen MR) is 87.1 cm³/mol. The summed E-state index contributed by atoms with van der Waals surface area (Å²) in [5.41, 5.74) is -0.351. The van der Waals surface area contributed by atoms with Gasteiger partial charge in [0, 0.05) is 19.4 Å². The monoisotopic (exact) mass is 383 g/mol. The average Bonchev–Trinajstić information content (AvgIpc) is 3.20. The topological polar surface area (TPSA) is 97.6 Å². The summed E-state index contributed by atoms with van der Waals surface area (Å²) in [6.07, 6.45) is 0.958. The number of urea groups is 1. The van der Waals surface area contributed by atoms with E-state index in [0.717, 1.165) is 17.5 Å². The number of nitrogens with zero attached hydrogens (tertiary/aromatic N) is 5. The smallest absolute Gasteiger partial charge is 0.319 e. The summed E-state index contributed by atoms with van der Waals surface area (Å²) in [5.74, 6) is -0.531. The lowest BCUT2D eigenvalue weighted by atomic mass is 10.3. The van der Waals surface area contributed by atoms with Crippen molar-refractivity contribution in [2.75, 3.05) is 5.32 Å². The number of hydrogen-bond acceptors (Lipinski definition) is 6. The second-order valence-electron chi connectivity index (χ2n) is 5.07. The van der Waals surface area contributed by atoms with E-state index in [1.165, 1.54) is 30.2 Å². The molecular weight excluding hydrogens is 371 g/mol. The quantitative estimate of drug-likeness (QED) is 0.706. The van der Waals surface area contributed by atoms with Gasteiger partial charge in [-0.2, -0.15) is 5.10 Å². The molecule has 0 saturated heterocycles. The molecule has 0 aromatic carbocycles. The molecule has 3 heterocycles.